The van der Waals surface area contributed by atoms with Gasteiger partial charge in [0.05, 0.1) is 0 Å². The zero-order valence-electron chi connectivity index (χ0n) is 16.1. The average Bonchev–Trinajstić information content (AvgIpc) is 3.41. The monoisotopic (exact) mass is 402 g/mol. The Kier molecular flexibility index (Phi) is 4.41. The molecule has 150 valence electrons. The van der Waals surface area contributed by atoms with Crippen LogP contribution in [0.2, 0.25) is 0 Å². The molecular formula is C19H26N6O2S. The van der Waals surface area contributed by atoms with Gasteiger partial charge in [-0.15, -0.1) is 5.10 Å². The van der Waals surface area contributed by atoms with Crippen LogP contribution in [-0.4, -0.2) is 54.7 Å². The minimum absolute atomic E-state index is 0.0860. The molecule has 1 saturated heterocycles. The van der Waals surface area contributed by atoms with Crippen LogP contribution in [0.5, 0.6) is 0 Å². The van der Waals surface area contributed by atoms with Crippen molar-refractivity contribution in [2.45, 2.75) is 56.1 Å². The fourth-order valence-electron chi connectivity index (χ4n) is 4.81. The molecule has 1 fully saturated rings. The van der Waals surface area contributed by atoms with E-state index in [0.29, 0.717) is 12.5 Å². The van der Waals surface area contributed by atoms with Gasteiger partial charge in [0.2, 0.25) is 5.95 Å². The molecule has 2 heterocycles. The van der Waals surface area contributed by atoms with Crippen molar-refractivity contribution < 1.29 is 8.42 Å². The van der Waals surface area contributed by atoms with Crippen LogP contribution in [0.1, 0.15) is 41.5 Å². The van der Waals surface area contributed by atoms with Crippen molar-refractivity contribution >= 4 is 21.7 Å². The molecule has 1 atom stereocenters. The lowest BCUT2D eigenvalue weighted by Gasteiger charge is -2.15. The Balaban J connectivity index is 1.39. The number of rotatable bonds is 5. The van der Waals surface area contributed by atoms with E-state index in [4.69, 9.17) is 0 Å². The Hall–Kier alpha value is -1.97. The maximum atomic E-state index is 12.6. The molecule has 9 heteroatoms. The van der Waals surface area contributed by atoms with Crippen LogP contribution in [0.25, 0.3) is 0 Å². The van der Waals surface area contributed by atoms with Crippen molar-refractivity contribution in [3.8, 4) is 0 Å². The molecule has 28 heavy (non-hydrogen) atoms. The quantitative estimate of drug-likeness (QED) is 0.701. The van der Waals surface area contributed by atoms with Crippen LogP contribution in [0.15, 0.2) is 11.2 Å². The molecule has 0 radical (unpaired) electrons. The lowest BCUT2D eigenvalue weighted by atomic mass is 9.99. The number of likely N-dealkylation sites (N-methyl/N-ethyl adjacent to an activating group) is 1. The molecule has 0 saturated carbocycles. The highest BCUT2D eigenvalue weighted by Crippen LogP contribution is 2.39. The van der Waals surface area contributed by atoms with E-state index in [9.17, 15) is 8.42 Å². The summed E-state index contributed by atoms with van der Waals surface area (Å²) in [5, 5.41) is 9.95. The molecule has 0 spiro atoms. The molecule has 3 aliphatic rings. The van der Waals surface area contributed by atoms with Gasteiger partial charge >= 0.3 is 0 Å². The second-order valence-corrected chi connectivity index (χ2v) is 9.82. The number of fused-ring (bicyclic) bond motifs is 2. The summed E-state index contributed by atoms with van der Waals surface area (Å²) in [4.78, 5) is 6.36. The molecule has 0 amide bonds. The fraction of sp³-hybridized carbons (Fsp3) is 0.579. The van der Waals surface area contributed by atoms with Gasteiger partial charge in [-0.1, -0.05) is 6.07 Å². The largest absolute Gasteiger partial charge is 0.322 e. The summed E-state index contributed by atoms with van der Waals surface area (Å²) >= 11 is 0. The second-order valence-electron chi connectivity index (χ2n) is 8.19. The van der Waals surface area contributed by atoms with E-state index in [0.717, 1.165) is 44.3 Å². The number of anilines is 2. The number of aromatic amines is 1. The number of benzene rings is 1. The van der Waals surface area contributed by atoms with E-state index in [1.807, 2.05) is 7.05 Å². The van der Waals surface area contributed by atoms with Crippen molar-refractivity contribution in [1.29, 1.82) is 0 Å². The van der Waals surface area contributed by atoms with Gasteiger partial charge in [0.15, 0.2) is 0 Å². The minimum atomic E-state index is -3.71. The number of hydrogen-bond acceptors (Lipinski definition) is 6. The number of sulfonamides is 1. The Bertz CT molecular complexity index is 983. The third-order valence-electron chi connectivity index (χ3n) is 6.14. The Morgan fingerprint density at radius 3 is 2.50 bits per heavy atom. The van der Waals surface area contributed by atoms with Crippen LogP contribution in [-0.2, 0) is 35.7 Å². The summed E-state index contributed by atoms with van der Waals surface area (Å²) in [6.45, 7) is 1.60. The molecule has 1 aromatic carbocycles. The summed E-state index contributed by atoms with van der Waals surface area (Å²) in [5.74, 6) is 0.318. The number of aryl methyl sites for hydroxylation is 2. The van der Waals surface area contributed by atoms with Gasteiger partial charge in [-0.05, 0) is 80.8 Å². The minimum Gasteiger partial charge on any atom is -0.322 e. The molecule has 3 N–H and O–H groups in total. The molecule has 8 nitrogen and oxygen atoms in total. The van der Waals surface area contributed by atoms with Gasteiger partial charge in [0.25, 0.3) is 15.2 Å². The van der Waals surface area contributed by atoms with E-state index in [1.165, 1.54) is 35.1 Å². The fourth-order valence-corrected chi connectivity index (χ4v) is 5.92. The van der Waals surface area contributed by atoms with Crippen molar-refractivity contribution in [3.05, 3.63) is 28.3 Å². The smallest absolute Gasteiger partial charge is 0.276 e. The summed E-state index contributed by atoms with van der Waals surface area (Å²) in [7, 11) is -1.72. The SMILES string of the molecule is CN1CCC(NS(=O)(=O)c2nc(Nc3c4c(cc5c3CCC5)CCC4)n[nH]2)C1. The lowest BCUT2D eigenvalue weighted by molar-refractivity contribution is 0.407. The molecule has 1 unspecified atom stereocenters. The van der Waals surface area contributed by atoms with Crippen molar-refractivity contribution in [1.82, 2.24) is 24.8 Å². The predicted octanol–water partition coefficient (Wildman–Crippen LogP) is 1.51. The number of nitrogens with one attached hydrogen (secondary N) is 3. The van der Waals surface area contributed by atoms with Crippen LogP contribution in [0.4, 0.5) is 11.6 Å². The molecular weight excluding hydrogens is 376 g/mol. The van der Waals surface area contributed by atoms with Crippen LogP contribution >= 0.6 is 0 Å². The molecule has 1 aromatic heterocycles. The molecule has 0 bridgehead atoms. The number of aromatic nitrogens is 3. The van der Waals surface area contributed by atoms with Crippen LogP contribution in [0.3, 0.4) is 0 Å². The average molecular weight is 403 g/mol. The van der Waals surface area contributed by atoms with Crippen LogP contribution in [0, 0.1) is 0 Å². The van der Waals surface area contributed by atoms with Gasteiger partial charge in [-0.3, -0.25) is 0 Å². The number of likely N-dealkylation sites (tertiary alicyclic amines) is 1. The standard InChI is InChI=1S/C19H26N6O2S/c1-25-9-8-14(11-25)24-28(26,27)19-21-18(22-23-19)20-17-15-6-2-4-12(15)10-13-5-3-7-16(13)17/h10,14,24H,2-9,11H2,1H3,(H2,20,21,22,23). The van der Waals surface area contributed by atoms with Crippen molar-refractivity contribution in [3.63, 3.8) is 0 Å². The molecule has 2 aromatic rings. The van der Waals surface area contributed by atoms with Gasteiger partial charge in [0, 0.05) is 18.3 Å². The molecule has 2 aliphatic carbocycles. The lowest BCUT2D eigenvalue weighted by Crippen LogP contribution is -2.37. The number of H-pyrrole nitrogens is 1. The zero-order chi connectivity index (χ0) is 19.3. The highest BCUT2D eigenvalue weighted by atomic mass is 32.2. The highest BCUT2D eigenvalue weighted by molar-refractivity contribution is 7.89. The van der Waals surface area contributed by atoms with Gasteiger partial charge in [-0.25, -0.2) is 18.2 Å². The highest BCUT2D eigenvalue weighted by Gasteiger charge is 2.29. The van der Waals surface area contributed by atoms with Gasteiger partial charge in [0.1, 0.15) is 0 Å². The Labute approximate surface area is 165 Å². The summed E-state index contributed by atoms with van der Waals surface area (Å²) in [5.41, 5.74) is 6.64. The van der Waals surface area contributed by atoms with E-state index in [2.05, 4.69) is 36.2 Å². The predicted molar refractivity (Wildman–Crippen MR) is 106 cm³/mol. The first-order valence-electron chi connectivity index (χ1n) is 10.1. The normalized spacial score (nSPS) is 21.8. The summed E-state index contributed by atoms with van der Waals surface area (Å²) in [6, 6.07) is 2.28. The number of nitrogens with zero attached hydrogens (tertiary/aromatic N) is 3. The zero-order valence-corrected chi connectivity index (χ0v) is 16.9. The van der Waals surface area contributed by atoms with Crippen molar-refractivity contribution in [2.24, 2.45) is 0 Å². The first-order valence-corrected chi connectivity index (χ1v) is 11.5. The third-order valence-corrected chi connectivity index (χ3v) is 7.48. The Morgan fingerprint density at radius 2 is 1.86 bits per heavy atom. The first kappa shape index (κ1) is 18.1. The van der Waals surface area contributed by atoms with E-state index in [1.54, 1.807) is 0 Å². The molecule has 1 aliphatic heterocycles. The maximum absolute atomic E-state index is 12.6. The summed E-state index contributed by atoms with van der Waals surface area (Å²) in [6.07, 6.45) is 7.47. The molecule has 5 rings (SSSR count). The topological polar surface area (TPSA) is 103 Å². The summed E-state index contributed by atoms with van der Waals surface area (Å²) < 4.78 is 28.0. The Morgan fingerprint density at radius 1 is 1.14 bits per heavy atom. The van der Waals surface area contributed by atoms with Crippen molar-refractivity contribution in [2.75, 3.05) is 25.5 Å². The van der Waals surface area contributed by atoms with E-state index in [-0.39, 0.29) is 11.2 Å². The van der Waals surface area contributed by atoms with E-state index >= 15 is 0 Å². The van der Waals surface area contributed by atoms with Gasteiger partial charge in [-0.2, -0.15) is 4.98 Å². The van der Waals surface area contributed by atoms with Crippen LogP contribution < -0.4 is 10.0 Å². The number of hydrogen-bond donors (Lipinski definition) is 3. The maximum Gasteiger partial charge on any atom is 0.276 e. The third kappa shape index (κ3) is 3.21. The first-order chi connectivity index (χ1) is 13.5. The van der Waals surface area contributed by atoms with E-state index < -0.39 is 10.0 Å². The van der Waals surface area contributed by atoms with Gasteiger partial charge < -0.3 is 10.2 Å². The second kappa shape index (κ2) is 6.82.